The number of benzene rings is 1. The minimum absolute atomic E-state index is 0.0773. The Morgan fingerprint density at radius 1 is 1.09 bits per heavy atom. The van der Waals surface area contributed by atoms with Crippen molar-refractivity contribution in [1.82, 2.24) is 15.2 Å². The van der Waals surface area contributed by atoms with Crippen molar-refractivity contribution in [1.29, 1.82) is 0 Å². The van der Waals surface area contributed by atoms with Crippen LogP contribution in [0.1, 0.15) is 45.5 Å². The Bertz CT molecular complexity index is 1260. The van der Waals surface area contributed by atoms with E-state index in [1.54, 1.807) is 24.3 Å². The largest absolute Gasteiger partial charge is 0.370 e. The third kappa shape index (κ3) is 4.63. The molecule has 172 valence electrons. The van der Waals surface area contributed by atoms with E-state index in [9.17, 15) is 27.6 Å². The number of aromatic nitrogens is 1. The molecule has 1 fully saturated rings. The molecule has 1 atom stereocenters. The number of hydrogen-bond acceptors (Lipinski definition) is 8. The fraction of sp³-hybridized carbons (Fsp3) is 0.318. The Balaban J connectivity index is 1.36. The van der Waals surface area contributed by atoms with Gasteiger partial charge in [0.05, 0.1) is 16.0 Å². The third-order valence-corrected chi connectivity index (χ3v) is 6.71. The number of carbonyl (C=O) groups excluding carboxylic acids is 4. The normalized spacial score (nSPS) is 18.3. The number of nitrogens with one attached hydrogen (secondary N) is 2. The molecule has 4 rings (SSSR count). The van der Waals surface area contributed by atoms with Crippen LogP contribution < -0.4 is 10.6 Å². The van der Waals surface area contributed by atoms with E-state index in [1.807, 2.05) is 0 Å². The summed E-state index contributed by atoms with van der Waals surface area (Å²) in [4.78, 5) is 54.3. The van der Waals surface area contributed by atoms with Crippen LogP contribution >= 0.6 is 0 Å². The lowest BCUT2D eigenvalue weighted by atomic mass is 10.0. The van der Waals surface area contributed by atoms with Gasteiger partial charge in [0, 0.05) is 25.4 Å². The lowest BCUT2D eigenvalue weighted by molar-refractivity contribution is -0.136. The number of amides is 4. The topological polar surface area (TPSA) is 143 Å². The predicted octanol–water partition coefficient (Wildman–Crippen LogP) is 0.931. The minimum Gasteiger partial charge on any atom is -0.370 e. The van der Waals surface area contributed by atoms with Gasteiger partial charge in [-0.2, -0.15) is 0 Å². The standard InChI is InChI=1S/C22H22N4O6S/c1-33(31,32)14-5-8-18(24-12-14)23-10-2-3-13-4-6-15-16(11-13)22(30)26(21(15)29)17-7-9-19(27)25-20(17)28/h4-6,8,11-12,17H,2-3,7,9-10H2,1H3,(H,23,24)(H,25,27,28). The van der Waals surface area contributed by atoms with Gasteiger partial charge in [-0.1, -0.05) is 6.07 Å². The highest BCUT2D eigenvalue weighted by Crippen LogP contribution is 2.28. The first kappa shape index (κ1) is 22.6. The first-order valence-corrected chi connectivity index (χ1v) is 12.3. The van der Waals surface area contributed by atoms with Crippen LogP contribution in [0.2, 0.25) is 0 Å². The molecule has 0 spiro atoms. The van der Waals surface area contributed by atoms with Gasteiger partial charge in [-0.25, -0.2) is 13.4 Å². The number of rotatable bonds is 7. The summed E-state index contributed by atoms with van der Waals surface area (Å²) in [7, 11) is -3.29. The maximum absolute atomic E-state index is 12.9. The number of fused-ring (bicyclic) bond motifs is 1. The van der Waals surface area contributed by atoms with Gasteiger partial charge in [-0.05, 0) is 49.1 Å². The second-order valence-electron chi connectivity index (χ2n) is 8.01. The van der Waals surface area contributed by atoms with Crippen LogP contribution in [0.25, 0.3) is 0 Å². The van der Waals surface area contributed by atoms with Crippen molar-refractivity contribution in [2.45, 2.75) is 36.6 Å². The van der Waals surface area contributed by atoms with E-state index in [0.29, 0.717) is 25.2 Å². The SMILES string of the molecule is CS(=O)(=O)c1ccc(NCCCc2ccc3c(c2)C(=O)N(C2CCC(=O)NC2=O)C3=O)nc1. The van der Waals surface area contributed by atoms with Gasteiger partial charge in [0.1, 0.15) is 11.9 Å². The Labute approximate surface area is 190 Å². The van der Waals surface area contributed by atoms with E-state index in [4.69, 9.17) is 0 Å². The van der Waals surface area contributed by atoms with Gasteiger partial charge < -0.3 is 5.32 Å². The van der Waals surface area contributed by atoms with Crippen molar-refractivity contribution in [2.24, 2.45) is 0 Å². The van der Waals surface area contributed by atoms with Crippen molar-refractivity contribution >= 4 is 39.3 Å². The Hall–Kier alpha value is -3.60. The maximum Gasteiger partial charge on any atom is 0.262 e. The van der Waals surface area contributed by atoms with E-state index in [-0.39, 0.29) is 28.9 Å². The molecule has 1 unspecified atom stereocenters. The third-order valence-electron chi connectivity index (χ3n) is 5.62. The van der Waals surface area contributed by atoms with Gasteiger partial charge in [0.15, 0.2) is 9.84 Å². The van der Waals surface area contributed by atoms with Gasteiger partial charge in [0.2, 0.25) is 11.8 Å². The number of sulfone groups is 1. The molecule has 33 heavy (non-hydrogen) atoms. The van der Waals surface area contributed by atoms with Crippen LogP contribution in [-0.4, -0.2) is 60.8 Å². The first-order chi connectivity index (χ1) is 15.6. The molecule has 0 aliphatic carbocycles. The molecule has 2 aliphatic heterocycles. The monoisotopic (exact) mass is 470 g/mol. The smallest absolute Gasteiger partial charge is 0.262 e. The minimum atomic E-state index is -3.29. The van der Waals surface area contributed by atoms with E-state index in [2.05, 4.69) is 15.6 Å². The summed E-state index contributed by atoms with van der Waals surface area (Å²) in [6.07, 6.45) is 3.95. The van der Waals surface area contributed by atoms with E-state index in [1.165, 1.54) is 12.3 Å². The molecule has 11 heteroatoms. The fourth-order valence-corrected chi connectivity index (χ4v) is 4.45. The summed E-state index contributed by atoms with van der Waals surface area (Å²) in [6.45, 7) is 0.567. The second-order valence-corrected chi connectivity index (χ2v) is 10.0. The molecular formula is C22H22N4O6S. The highest BCUT2D eigenvalue weighted by molar-refractivity contribution is 7.90. The molecule has 2 N–H and O–H groups in total. The van der Waals surface area contributed by atoms with Gasteiger partial charge in [-0.15, -0.1) is 0 Å². The molecule has 2 aliphatic rings. The zero-order chi connectivity index (χ0) is 23.8. The summed E-state index contributed by atoms with van der Waals surface area (Å²) in [6, 6.07) is 7.14. The van der Waals surface area contributed by atoms with Gasteiger partial charge in [-0.3, -0.25) is 29.4 Å². The van der Waals surface area contributed by atoms with Gasteiger partial charge in [0.25, 0.3) is 11.8 Å². The molecule has 1 aromatic heterocycles. The molecule has 0 saturated carbocycles. The van der Waals surface area contributed by atoms with Crippen LogP contribution in [0.15, 0.2) is 41.4 Å². The Kier molecular flexibility index (Phi) is 5.98. The molecular weight excluding hydrogens is 448 g/mol. The summed E-state index contributed by atoms with van der Waals surface area (Å²) in [5, 5.41) is 5.29. The number of aryl methyl sites for hydroxylation is 1. The number of nitrogens with zero attached hydrogens (tertiary/aromatic N) is 2. The molecule has 2 aromatic rings. The van der Waals surface area contributed by atoms with Crippen LogP contribution in [0.5, 0.6) is 0 Å². The van der Waals surface area contributed by atoms with E-state index >= 15 is 0 Å². The first-order valence-electron chi connectivity index (χ1n) is 10.4. The van der Waals surface area contributed by atoms with Crippen LogP contribution in [0.4, 0.5) is 5.82 Å². The number of anilines is 1. The highest BCUT2D eigenvalue weighted by Gasteiger charge is 2.44. The molecule has 0 bridgehead atoms. The average molecular weight is 471 g/mol. The van der Waals surface area contributed by atoms with Crippen molar-refractivity contribution in [3.05, 3.63) is 53.2 Å². The quantitative estimate of drug-likeness (QED) is 0.449. The zero-order valence-electron chi connectivity index (χ0n) is 17.8. The Morgan fingerprint density at radius 3 is 2.52 bits per heavy atom. The lowest BCUT2D eigenvalue weighted by Crippen LogP contribution is -2.54. The molecule has 3 heterocycles. The molecule has 0 radical (unpaired) electrons. The Morgan fingerprint density at radius 2 is 1.85 bits per heavy atom. The number of imide groups is 2. The number of piperidine rings is 1. The molecule has 10 nitrogen and oxygen atoms in total. The van der Waals surface area contributed by atoms with Crippen LogP contribution in [-0.2, 0) is 25.8 Å². The summed E-state index contributed by atoms with van der Waals surface area (Å²) in [5.41, 5.74) is 1.37. The number of pyridine rings is 1. The van der Waals surface area contributed by atoms with Crippen molar-refractivity contribution < 1.29 is 27.6 Å². The van der Waals surface area contributed by atoms with E-state index in [0.717, 1.165) is 16.7 Å². The van der Waals surface area contributed by atoms with Crippen molar-refractivity contribution in [3.8, 4) is 0 Å². The maximum atomic E-state index is 12.9. The lowest BCUT2D eigenvalue weighted by Gasteiger charge is -2.27. The van der Waals surface area contributed by atoms with Gasteiger partial charge >= 0.3 is 0 Å². The zero-order valence-corrected chi connectivity index (χ0v) is 18.6. The number of carbonyl (C=O) groups is 4. The summed E-state index contributed by atoms with van der Waals surface area (Å²) < 4.78 is 23.0. The molecule has 1 saturated heterocycles. The fourth-order valence-electron chi connectivity index (χ4n) is 3.89. The summed E-state index contributed by atoms with van der Waals surface area (Å²) >= 11 is 0. The predicted molar refractivity (Wildman–Crippen MR) is 117 cm³/mol. The van der Waals surface area contributed by atoms with Crippen LogP contribution in [0, 0.1) is 0 Å². The van der Waals surface area contributed by atoms with Crippen molar-refractivity contribution in [3.63, 3.8) is 0 Å². The van der Waals surface area contributed by atoms with Crippen LogP contribution in [0.3, 0.4) is 0 Å². The molecule has 4 amide bonds. The molecule has 1 aromatic carbocycles. The van der Waals surface area contributed by atoms with Crippen molar-refractivity contribution in [2.75, 3.05) is 18.1 Å². The van der Waals surface area contributed by atoms with E-state index < -0.39 is 39.5 Å². The average Bonchev–Trinajstić information content (AvgIpc) is 3.01. The number of hydrogen-bond donors (Lipinski definition) is 2. The highest BCUT2D eigenvalue weighted by atomic mass is 32.2. The summed E-state index contributed by atoms with van der Waals surface area (Å²) in [5.74, 6) is -1.55. The second kappa shape index (κ2) is 8.74.